The van der Waals surface area contributed by atoms with Crippen LogP contribution in [0.15, 0.2) is 59.6 Å². The van der Waals surface area contributed by atoms with Crippen molar-refractivity contribution < 1.29 is 9.59 Å². The summed E-state index contributed by atoms with van der Waals surface area (Å²) in [6, 6.07) is 17.2. The van der Waals surface area contributed by atoms with E-state index < -0.39 is 0 Å². The molecule has 34 heavy (non-hydrogen) atoms. The maximum absolute atomic E-state index is 13.5. The Morgan fingerprint density at radius 2 is 1.79 bits per heavy atom. The predicted molar refractivity (Wildman–Crippen MR) is 140 cm³/mol. The number of rotatable bonds is 3. The second-order valence-corrected chi connectivity index (χ2v) is 11.2. The van der Waals surface area contributed by atoms with Gasteiger partial charge < -0.3 is 10.2 Å². The van der Waals surface area contributed by atoms with E-state index in [0.717, 1.165) is 41.8 Å². The zero-order valence-corrected chi connectivity index (χ0v) is 20.8. The van der Waals surface area contributed by atoms with Crippen LogP contribution in [0.3, 0.4) is 0 Å². The summed E-state index contributed by atoms with van der Waals surface area (Å²) in [7, 11) is 1.76. The molecule has 0 fully saturated rings. The Labute approximate surface area is 204 Å². The highest BCUT2D eigenvalue weighted by molar-refractivity contribution is 7.16. The van der Waals surface area contributed by atoms with Gasteiger partial charge in [0.05, 0.1) is 11.3 Å². The molecule has 0 bridgehead atoms. The second kappa shape index (κ2) is 8.51. The summed E-state index contributed by atoms with van der Waals surface area (Å²) in [6.07, 6.45) is 2.82. The van der Waals surface area contributed by atoms with Crippen molar-refractivity contribution in [3.05, 3.63) is 76.2 Å². The summed E-state index contributed by atoms with van der Waals surface area (Å²) in [4.78, 5) is 34.3. The van der Waals surface area contributed by atoms with Gasteiger partial charge in [0.25, 0.3) is 11.8 Å². The van der Waals surface area contributed by atoms with Crippen LogP contribution in [0.2, 0.25) is 0 Å². The lowest BCUT2D eigenvalue weighted by molar-refractivity contribution is -0.111. The fraction of sp³-hybridized carbons (Fsp3) is 0.321. The van der Waals surface area contributed by atoms with E-state index in [1.54, 1.807) is 23.3 Å². The largest absolute Gasteiger partial charge is 0.322 e. The summed E-state index contributed by atoms with van der Waals surface area (Å²) in [5, 5.41) is 3.67. The van der Waals surface area contributed by atoms with Crippen LogP contribution in [0, 0.1) is 11.3 Å². The lowest BCUT2D eigenvalue weighted by Gasteiger charge is -2.33. The number of nitrogens with one attached hydrogen (secondary N) is 1. The Kier molecular flexibility index (Phi) is 5.64. The molecule has 1 N–H and O–H groups in total. The fourth-order valence-electron chi connectivity index (χ4n) is 4.90. The number of hydrogen-bond donors (Lipinski definition) is 1. The van der Waals surface area contributed by atoms with Crippen LogP contribution in [-0.2, 0) is 17.6 Å². The van der Waals surface area contributed by atoms with Crippen molar-refractivity contribution in [2.45, 2.75) is 40.0 Å². The van der Waals surface area contributed by atoms with E-state index in [0.29, 0.717) is 22.2 Å². The monoisotopic (exact) mass is 471 g/mol. The summed E-state index contributed by atoms with van der Waals surface area (Å²) in [5.41, 5.74) is 4.70. The second-order valence-electron chi connectivity index (χ2n) is 10.2. The Hall–Kier alpha value is -3.25. The number of carbonyl (C=O) groups excluding carboxylic acids is 2. The molecular weight excluding hydrogens is 442 g/mol. The lowest BCUT2D eigenvalue weighted by atomic mass is 9.72. The highest BCUT2D eigenvalue weighted by atomic mass is 32.1. The van der Waals surface area contributed by atoms with E-state index >= 15 is 0 Å². The molecule has 2 aromatic carbocycles. The third kappa shape index (κ3) is 3.96. The Morgan fingerprint density at radius 3 is 2.53 bits per heavy atom. The quantitative estimate of drug-likeness (QED) is 0.491. The molecular formula is C28H29N3O2S. The van der Waals surface area contributed by atoms with E-state index in [2.05, 4.69) is 26.1 Å². The van der Waals surface area contributed by atoms with Gasteiger partial charge in [0.15, 0.2) is 0 Å². The SMILES string of the molecule is CN1C(=O)C(=Nc2sc3c(c2C(=O)Nc2ccccc2)CC[C@@H](C(C)(C)C)C3)c2ccccc21. The normalized spacial score (nSPS) is 18.7. The number of nitrogens with zero attached hydrogens (tertiary/aromatic N) is 2. The zero-order valence-electron chi connectivity index (χ0n) is 20.0. The molecule has 2 amide bonds. The average Bonchev–Trinajstić information content (AvgIpc) is 3.29. The molecule has 0 radical (unpaired) electrons. The Balaban J connectivity index is 1.61. The van der Waals surface area contributed by atoms with Crippen LogP contribution in [0.4, 0.5) is 16.4 Å². The molecule has 1 atom stereocenters. The first-order chi connectivity index (χ1) is 16.2. The maximum atomic E-state index is 13.5. The van der Waals surface area contributed by atoms with Crippen molar-refractivity contribution in [3.63, 3.8) is 0 Å². The highest BCUT2D eigenvalue weighted by Gasteiger charge is 2.36. The number of benzene rings is 2. The lowest BCUT2D eigenvalue weighted by Crippen LogP contribution is -2.27. The molecule has 0 saturated heterocycles. The summed E-state index contributed by atoms with van der Waals surface area (Å²) in [6.45, 7) is 6.85. The van der Waals surface area contributed by atoms with E-state index in [9.17, 15) is 9.59 Å². The minimum absolute atomic E-state index is 0.144. The van der Waals surface area contributed by atoms with Gasteiger partial charge >= 0.3 is 0 Å². The van der Waals surface area contributed by atoms with E-state index in [1.165, 1.54) is 4.88 Å². The number of aliphatic imine (C=N–C) groups is 1. The molecule has 1 aromatic heterocycles. The molecule has 2 heterocycles. The van der Waals surface area contributed by atoms with Gasteiger partial charge in [-0.1, -0.05) is 57.2 Å². The smallest absolute Gasteiger partial charge is 0.277 e. The summed E-state index contributed by atoms with van der Waals surface area (Å²) >= 11 is 1.57. The first kappa shape index (κ1) is 22.5. The molecule has 2 aliphatic rings. The van der Waals surface area contributed by atoms with E-state index in [1.807, 2.05) is 54.6 Å². The molecule has 0 saturated carbocycles. The first-order valence-corrected chi connectivity index (χ1v) is 12.5. The van der Waals surface area contributed by atoms with E-state index in [-0.39, 0.29) is 17.2 Å². The number of para-hydroxylation sites is 2. The Bertz CT molecular complexity index is 1300. The molecule has 6 heteroatoms. The third-order valence-electron chi connectivity index (χ3n) is 6.97. The highest BCUT2D eigenvalue weighted by Crippen LogP contribution is 2.46. The van der Waals surface area contributed by atoms with Gasteiger partial charge in [0.1, 0.15) is 10.7 Å². The number of carbonyl (C=O) groups is 2. The molecule has 3 aromatic rings. The van der Waals surface area contributed by atoms with Crippen molar-refractivity contribution in [2.75, 3.05) is 17.3 Å². The minimum Gasteiger partial charge on any atom is -0.322 e. The van der Waals surface area contributed by atoms with E-state index in [4.69, 9.17) is 4.99 Å². The molecule has 5 nitrogen and oxygen atoms in total. The standard InChI is InChI=1S/C28H29N3O2S/c1-28(2,3)17-14-15-20-22(16-17)34-26(23(20)25(32)29-18-10-6-5-7-11-18)30-24-19-12-8-9-13-21(19)31(4)27(24)33/h5-13,17H,14-16H2,1-4H3,(H,29,32)/t17-/m1/s1. The number of likely N-dealkylation sites (N-methyl/N-ethyl adjacent to an activating group) is 1. The molecule has 1 aliphatic heterocycles. The van der Waals surface area contributed by atoms with Crippen molar-refractivity contribution in [1.29, 1.82) is 0 Å². The van der Waals surface area contributed by atoms with Crippen LogP contribution in [0.25, 0.3) is 0 Å². The number of amides is 2. The number of hydrogen-bond acceptors (Lipinski definition) is 4. The van der Waals surface area contributed by atoms with Crippen molar-refractivity contribution in [3.8, 4) is 0 Å². The third-order valence-corrected chi connectivity index (χ3v) is 8.12. The van der Waals surface area contributed by atoms with Gasteiger partial charge in [-0.2, -0.15) is 0 Å². The fourth-order valence-corrected chi connectivity index (χ4v) is 6.20. The topological polar surface area (TPSA) is 61.8 Å². The van der Waals surface area contributed by atoms with Crippen LogP contribution >= 0.6 is 11.3 Å². The molecule has 0 spiro atoms. The molecule has 1 aliphatic carbocycles. The van der Waals surface area contributed by atoms with Gasteiger partial charge in [0.2, 0.25) is 0 Å². The van der Waals surface area contributed by atoms with Gasteiger partial charge in [-0.15, -0.1) is 11.3 Å². The van der Waals surface area contributed by atoms with Crippen LogP contribution in [0.5, 0.6) is 0 Å². The first-order valence-electron chi connectivity index (χ1n) is 11.7. The van der Waals surface area contributed by atoms with Gasteiger partial charge in [-0.3, -0.25) is 9.59 Å². The van der Waals surface area contributed by atoms with Crippen molar-refractivity contribution in [1.82, 2.24) is 0 Å². The van der Waals surface area contributed by atoms with Gasteiger partial charge in [-0.25, -0.2) is 4.99 Å². The van der Waals surface area contributed by atoms with Crippen molar-refractivity contribution >= 4 is 45.2 Å². The number of thiophene rings is 1. The molecule has 0 unspecified atom stereocenters. The average molecular weight is 472 g/mol. The molecule has 174 valence electrons. The zero-order chi connectivity index (χ0) is 24.0. The van der Waals surface area contributed by atoms with Crippen LogP contribution < -0.4 is 10.2 Å². The summed E-state index contributed by atoms with van der Waals surface area (Å²) in [5.74, 6) is 0.239. The predicted octanol–water partition coefficient (Wildman–Crippen LogP) is 6.25. The van der Waals surface area contributed by atoms with Crippen LogP contribution in [-0.4, -0.2) is 24.6 Å². The maximum Gasteiger partial charge on any atom is 0.277 e. The number of fused-ring (bicyclic) bond motifs is 2. The van der Waals surface area contributed by atoms with Gasteiger partial charge in [0, 0.05) is 23.2 Å². The van der Waals surface area contributed by atoms with Gasteiger partial charge in [-0.05, 0) is 54.4 Å². The molecule has 5 rings (SSSR count). The number of anilines is 2. The van der Waals surface area contributed by atoms with Crippen LogP contribution in [0.1, 0.15) is 53.6 Å². The Morgan fingerprint density at radius 1 is 1.09 bits per heavy atom. The van der Waals surface area contributed by atoms with Crippen molar-refractivity contribution in [2.24, 2.45) is 16.3 Å². The minimum atomic E-state index is -0.163. The summed E-state index contributed by atoms with van der Waals surface area (Å²) < 4.78 is 0.